The minimum absolute atomic E-state index is 0.0982. The Hall–Kier alpha value is -3.71. The largest absolute Gasteiger partial charge is 0.508 e. The maximum Gasteiger partial charge on any atom is 0.239 e. The Balaban J connectivity index is 1.41. The van der Waals surface area contributed by atoms with E-state index in [1.165, 1.54) is 31.2 Å². The number of aromatic hydroxyl groups is 2. The van der Waals surface area contributed by atoms with E-state index in [0.717, 1.165) is 12.1 Å². The van der Waals surface area contributed by atoms with Gasteiger partial charge in [0, 0.05) is 17.7 Å². The summed E-state index contributed by atoms with van der Waals surface area (Å²) in [5.74, 6) is -2.26. The first kappa shape index (κ1) is 39.0. The fourth-order valence-electron chi connectivity index (χ4n) is 6.23. The lowest BCUT2D eigenvalue weighted by molar-refractivity contribution is -0.354. The van der Waals surface area contributed by atoms with Gasteiger partial charge in [-0.1, -0.05) is 0 Å². The van der Waals surface area contributed by atoms with Crippen LogP contribution in [0.15, 0.2) is 45.6 Å². The second-order valence-electron chi connectivity index (χ2n) is 12.9. The first-order valence-electron chi connectivity index (χ1n) is 16.4. The van der Waals surface area contributed by atoms with Gasteiger partial charge in [-0.05, 0) is 31.2 Å². The molecule has 0 bridgehead atoms. The molecule has 3 aliphatic rings. The summed E-state index contributed by atoms with van der Waals surface area (Å²) in [7, 11) is 0. The summed E-state index contributed by atoms with van der Waals surface area (Å²) in [5, 5.41) is 123. The number of phenolic OH excluding ortho intramolecular Hbond substituents is 2. The van der Waals surface area contributed by atoms with Gasteiger partial charge in [0.1, 0.15) is 89.3 Å². The highest BCUT2D eigenvalue weighted by atomic mass is 16.8. The average molecular weight is 757 g/mol. The van der Waals surface area contributed by atoms with E-state index in [9.17, 15) is 66.1 Å². The van der Waals surface area contributed by atoms with Gasteiger partial charge in [-0.25, -0.2) is 0 Å². The number of hydrogen-bond acceptors (Lipinski definition) is 20. The van der Waals surface area contributed by atoms with Crippen LogP contribution in [0.25, 0.3) is 22.3 Å². The third kappa shape index (κ3) is 7.39. The number of fused-ring (bicyclic) bond motifs is 1. The molecule has 0 unspecified atom stereocenters. The third-order valence-electron chi connectivity index (χ3n) is 9.29. The van der Waals surface area contributed by atoms with Crippen molar-refractivity contribution in [2.24, 2.45) is 0 Å². The van der Waals surface area contributed by atoms with Crippen molar-refractivity contribution in [1.82, 2.24) is 0 Å². The fourth-order valence-corrected chi connectivity index (χ4v) is 6.23. The molecule has 6 rings (SSSR count). The summed E-state index contributed by atoms with van der Waals surface area (Å²) in [6, 6.07) is 7.18. The normalized spacial score (nSPS) is 37.8. The van der Waals surface area contributed by atoms with Crippen LogP contribution in [0.2, 0.25) is 0 Å². The van der Waals surface area contributed by atoms with E-state index in [4.69, 9.17) is 32.8 Å². The van der Waals surface area contributed by atoms with Crippen molar-refractivity contribution in [2.45, 2.75) is 99.0 Å². The minimum atomic E-state index is -1.94. The predicted molar refractivity (Wildman–Crippen MR) is 171 cm³/mol. The smallest absolute Gasteiger partial charge is 0.239 e. The molecule has 53 heavy (non-hydrogen) atoms. The first-order chi connectivity index (χ1) is 25.1. The second kappa shape index (κ2) is 15.6. The van der Waals surface area contributed by atoms with E-state index < -0.39 is 128 Å². The highest BCUT2D eigenvalue weighted by molar-refractivity contribution is 5.88. The summed E-state index contributed by atoms with van der Waals surface area (Å²) < 4.78 is 39.9. The Bertz CT molecular complexity index is 1780. The zero-order valence-electron chi connectivity index (χ0n) is 27.7. The molecule has 20 nitrogen and oxygen atoms in total. The van der Waals surface area contributed by atoms with Gasteiger partial charge in [-0.3, -0.25) is 4.79 Å². The molecule has 0 aliphatic carbocycles. The minimum Gasteiger partial charge on any atom is -0.508 e. The van der Waals surface area contributed by atoms with Gasteiger partial charge in [0.05, 0.1) is 19.3 Å². The Kier molecular flexibility index (Phi) is 11.5. The fraction of sp³-hybridized carbons (Fsp3) is 0.545. The van der Waals surface area contributed by atoms with Gasteiger partial charge >= 0.3 is 0 Å². The van der Waals surface area contributed by atoms with E-state index in [-0.39, 0.29) is 28.4 Å². The lowest BCUT2D eigenvalue weighted by Crippen LogP contribution is -2.64. The van der Waals surface area contributed by atoms with Crippen molar-refractivity contribution in [3.8, 4) is 34.3 Å². The third-order valence-corrected chi connectivity index (χ3v) is 9.29. The number of aliphatic hydroxyl groups excluding tert-OH is 10. The molecule has 3 fully saturated rings. The van der Waals surface area contributed by atoms with E-state index in [1.54, 1.807) is 0 Å². The molecule has 0 saturated carbocycles. The summed E-state index contributed by atoms with van der Waals surface area (Å²) in [6.07, 6.45) is -25.3. The Morgan fingerprint density at radius 3 is 1.89 bits per heavy atom. The highest BCUT2D eigenvalue weighted by Crippen LogP contribution is 2.39. The second-order valence-corrected chi connectivity index (χ2v) is 12.9. The molecule has 1 aromatic heterocycles. The molecular formula is C33H40O20. The van der Waals surface area contributed by atoms with Gasteiger partial charge in [-0.2, -0.15) is 0 Å². The van der Waals surface area contributed by atoms with Crippen molar-refractivity contribution >= 4 is 11.0 Å². The van der Waals surface area contributed by atoms with E-state index >= 15 is 0 Å². The number of aliphatic hydroxyl groups is 10. The van der Waals surface area contributed by atoms with Crippen molar-refractivity contribution in [3.63, 3.8) is 0 Å². The average Bonchev–Trinajstić information content (AvgIpc) is 3.13. The topological polar surface area (TPSA) is 328 Å². The van der Waals surface area contributed by atoms with Crippen molar-refractivity contribution in [1.29, 1.82) is 0 Å². The molecule has 0 spiro atoms. The van der Waals surface area contributed by atoms with Crippen LogP contribution in [0.1, 0.15) is 6.92 Å². The van der Waals surface area contributed by atoms with Crippen LogP contribution in [0.3, 0.4) is 0 Å². The van der Waals surface area contributed by atoms with Crippen molar-refractivity contribution in [3.05, 3.63) is 46.6 Å². The standard InChI is InChI=1S/C33H40O20/c1-10-19(38)23(42)26(45)31(47-10)53-30-25(44)21(40)17(9-35)51-33(30)52-29-22(41)18-14(37)6-13(48-32-27(46)24(43)20(39)16(8-34)50-32)7-15(18)49-28(29)11-2-4-12(36)5-3-11/h2-7,10,16-17,19-21,23-27,30-40,42-46H,8-9H2,1H3/t10-,16-,17-,19-,20-,21-,23-,24-,25-,26-,27-,30-,31-,32-,33+/m0/s1. The molecule has 3 aliphatic heterocycles. The van der Waals surface area contributed by atoms with Crippen LogP contribution in [0, 0.1) is 0 Å². The molecule has 15 atom stereocenters. The molecule has 3 saturated heterocycles. The maximum absolute atomic E-state index is 14.2. The number of benzene rings is 2. The number of hydrogen-bond donors (Lipinski definition) is 12. The monoisotopic (exact) mass is 756 g/mol. The van der Waals surface area contributed by atoms with Crippen LogP contribution >= 0.6 is 0 Å². The van der Waals surface area contributed by atoms with Gasteiger partial charge in [0.2, 0.25) is 23.8 Å². The molecular weight excluding hydrogens is 716 g/mol. The number of rotatable bonds is 9. The Morgan fingerprint density at radius 2 is 1.25 bits per heavy atom. The van der Waals surface area contributed by atoms with Crippen molar-refractivity contribution < 1.29 is 94.1 Å². The maximum atomic E-state index is 14.2. The molecule has 12 N–H and O–H groups in total. The predicted octanol–water partition coefficient (Wildman–Crippen LogP) is -3.92. The van der Waals surface area contributed by atoms with E-state index in [0.29, 0.717) is 0 Å². The molecule has 20 heteroatoms. The first-order valence-corrected chi connectivity index (χ1v) is 16.4. The summed E-state index contributed by atoms with van der Waals surface area (Å²) >= 11 is 0. The van der Waals surface area contributed by atoms with Gasteiger partial charge in [0.15, 0.2) is 18.2 Å². The zero-order valence-corrected chi connectivity index (χ0v) is 27.7. The van der Waals surface area contributed by atoms with Gasteiger partial charge in [0.25, 0.3) is 0 Å². The molecule has 292 valence electrons. The summed E-state index contributed by atoms with van der Waals surface area (Å²) in [4.78, 5) is 14.2. The SMILES string of the molecule is C[C@@H]1O[C@@H](O[C@@H]2[C@@H](Oc3c(-c4ccc(O)cc4)oc4cc(O[C@H]5O[C@@H](CO)[C@H](O)[C@H](O)[C@@H]5O)cc(O)c4c3=O)O[C@@H](CO)[C@H](O)[C@@H]2O)[C@@H](O)[C@@H](O)[C@H]1O. The van der Waals surface area contributed by atoms with Crippen LogP contribution < -0.4 is 14.9 Å². The zero-order chi connectivity index (χ0) is 38.5. The molecule has 0 amide bonds. The lowest BCUT2D eigenvalue weighted by Gasteiger charge is -2.45. The lowest BCUT2D eigenvalue weighted by atomic mass is 9.97. The van der Waals surface area contributed by atoms with Crippen LogP contribution in [0.4, 0.5) is 0 Å². The Labute approximate surface area is 298 Å². The number of ether oxygens (including phenoxy) is 6. The van der Waals surface area contributed by atoms with Crippen molar-refractivity contribution in [2.75, 3.05) is 13.2 Å². The highest BCUT2D eigenvalue weighted by Gasteiger charge is 2.51. The quantitative estimate of drug-likeness (QED) is 0.0992. The van der Waals surface area contributed by atoms with E-state index in [2.05, 4.69) is 0 Å². The van der Waals surface area contributed by atoms with Gasteiger partial charge < -0.3 is 94.1 Å². The molecule has 0 radical (unpaired) electrons. The summed E-state index contributed by atoms with van der Waals surface area (Å²) in [6.45, 7) is -0.235. The van der Waals surface area contributed by atoms with Crippen LogP contribution in [-0.4, -0.2) is 167 Å². The molecule has 3 aromatic rings. The molecule has 2 aromatic carbocycles. The van der Waals surface area contributed by atoms with Crippen LogP contribution in [0.5, 0.6) is 23.0 Å². The van der Waals surface area contributed by atoms with Gasteiger partial charge in [-0.15, -0.1) is 0 Å². The summed E-state index contributed by atoms with van der Waals surface area (Å²) in [5.41, 5.74) is -1.30. The number of phenols is 2. The molecule has 4 heterocycles. The Morgan fingerprint density at radius 1 is 0.660 bits per heavy atom. The van der Waals surface area contributed by atoms with Crippen LogP contribution in [-0.2, 0) is 18.9 Å². The van der Waals surface area contributed by atoms with E-state index in [1.807, 2.05) is 0 Å².